The highest BCUT2D eigenvalue weighted by atomic mass is 16.5. The minimum atomic E-state index is -0.991. The maximum Gasteiger partial charge on any atom is 0.335 e. The molecule has 0 spiro atoms. The fourth-order valence-corrected chi connectivity index (χ4v) is 2.50. The van der Waals surface area contributed by atoms with Crippen LogP contribution in [0.15, 0.2) is 48.7 Å². The maximum atomic E-state index is 11.4. The third-order valence-corrected chi connectivity index (χ3v) is 3.73. The van der Waals surface area contributed by atoms with E-state index in [4.69, 9.17) is 15.6 Å². The highest BCUT2D eigenvalue weighted by molar-refractivity contribution is 5.97. The molecule has 0 radical (unpaired) electrons. The van der Waals surface area contributed by atoms with Gasteiger partial charge in [0.1, 0.15) is 5.75 Å². The van der Waals surface area contributed by atoms with Crippen LogP contribution in [0.25, 0.3) is 22.0 Å². The van der Waals surface area contributed by atoms with Crippen LogP contribution in [0.2, 0.25) is 0 Å². The smallest absolute Gasteiger partial charge is 0.335 e. The number of hydrogen-bond donors (Lipinski definition) is 2. The first-order valence-corrected chi connectivity index (χ1v) is 7.11. The van der Waals surface area contributed by atoms with Crippen LogP contribution in [-0.4, -0.2) is 29.1 Å². The molecule has 24 heavy (non-hydrogen) atoms. The minimum Gasteiger partial charge on any atom is -0.496 e. The van der Waals surface area contributed by atoms with Crippen LogP contribution in [0.4, 0.5) is 0 Å². The summed E-state index contributed by atoms with van der Waals surface area (Å²) in [5.74, 6) is -1.18. The molecule has 0 saturated heterocycles. The van der Waals surface area contributed by atoms with Gasteiger partial charge in [-0.1, -0.05) is 6.07 Å². The fourth-order valence-electron chi connectivity index (χ4n) is 2.50. The van der Waals surface area contributed by atoms with Crippen LogP contribution in [0.5, 0.6) is 5.75 Å². The number of fused-ring (bicyclic) bond motifs is 1. The fraction of sp³-hybridized carbons (Fsp3) is 0.0556. The standard InChI is InChI=1S/C18H14N2O4/c1-24-16-8-10(2-4-14(16)17(19)21)13-7-12-6-11(18(22)23)3-5-15(12)20-9-13/h2-9H,1H3,(H2,19,21)(H,22,23). The summed E-state index contributed by atoms with van der Waals surface area (Å²) in [5, 5.41) is 9.81. The Morgan fingerprint density at radius 1 is 1.08 bits per heavy atom. The summed E-state index contributed by atoms with van der Waals surface area (Å²) in [6.07, 6.45) is 1.68. The van der Waals surface area contributed by atoms with E-state index in [9.17, 15) is 9.59 Å². The number of pyridine rings is 1. The molecule has 1 aromatic heterocycles. The highest BCUT2D eigenvalue weighted by Gasteiger charge is 2.11. The number of ether oxygens (including phenoxy) is 1. The molecule has 0 atom stereocenters. The Morgan fingerprint density at radius 3 is 2.54 bits per heavy atom. The summed E-state index contributed by atoms with van der Waals surface area (Å²) in [6.45, 7) is 0. The Labute approximate surface area is 137 Å². The lowest BCUT2D eigenvalue weighted by molar-refractivity contribution is 0.0696. The zero-order valence-electron chi connectivity index (χ0n) is 12.8. The number of aromatic carboxylic acids is 1. The highest BCUT2D eigenvalue weighted by Crippen LogP contribution is 2.28. The van der Waals surface area contributed by atoms with E-state index in [-0.39, 0.29) is 5.56 Å². The van der Waals surface area contributed by atoms with E-state index in [0.29, 0.717) is 22.2 Å². The van der Waals surface area contributed by atoms with Crippen molar-refractivity contribution in [3.05, 3.63) is 59.8 Å². The molecule has 1 amide bonds. The number of carboxylic acid groups (broad SMARTS) is 1. The molecule has 2 aromatic carbocycles. The van der Waals surface area contributed by atoms with Gasteiger partial charge in [-0.15, -0.1) is 0 Å². The largest absolute Gasteiger partial charge is 0.496 e. The molecule has 0 aliphatic rings. The molecule has 0 saturated carbocycles. The Hall–Kier alpha value is -3.41. The average Bonchev–Trinajstić information content (AvgIpc) is 2.59. The number of benzene rings is 2. The van der Waals surface area contributed by atoms with Crippen molar-refractivity contribution in [2.24, 2.45) is 5.73 Å². The number of hydrogen-bond acceptors (Lipinski definition) is 4. The summed E-state index contributed by atoms with van der Waals surface area (Å²) in [6, 6.07) is 11.6. The van der Waals surface area contributed by atoms with Gasteiger partial charge >= 0.3 is 5.97 Å². The van der Waals surface area contributed by atoms with Crippen molar-refractivity contribution in [3.8, 4) is 16.9 Å². The van der Waals surface area contributed by atoms with Gasteiger partial charge < -0.3 is 15.6 Å². The Bertz CT molecular complexity index is 966. The lowest BCUT2D eigenvalue weighted by Crippen LogP contribution is -2.12. The lowest BCUT2D eigenvalue weighted by Gasteiger charge is -2.09. The van der Waals surface area contributed by atoms with Gasteiger partial charge in [0.05, 0.1) is 23.8 Å². The molecular weight excluding hydrogens is 308 g/mol. The number of carbonyl (C=O) groups excluding carboxylic acids is 1. The number of methoxy groups -OCH3 is 1. The third-order valence-electron chi connectivity index (χ3n) is 3.73. The summed E-state index contributed by atoms with van der Waals surface area (Å²) < 4.78 is 5.21. The van der Waals surface area contributed by atoms with Gasteiger partial charge in [-0.2, -0.15) is 0 Å². The van der Waals surface area contributed by atoms with Gasteiger partial charge in [0, 0.05) is 17.1 Å². The molecule has 0 fully saturated rings. The Kier molecular flexibility index (Phi) is 3.87. The Balaban J connectivity index is 2.12. The van der Waals surface area contributed by atoms with Crippen molar-refractivity contribution >= 4 is 22.8 Å². The molecule has 0 bridgehead atoms. The first kappa shape index (κ1) is 15.5. The minimum absolute atomic E-state index is 0.197. The average molecular weight is 322 g/mol. The Morgan fingerprint density at radius 2 is 1.88 bits per heavy atom. The van der Waals surface area contributed by atoms with Gasteiger partial charge in [-0.3, -0.25) is 9.78 Å². The number of rotatable bonds is 4. The summed E-state index contributed by atoms with van der Waals surface area (Å²) in [5.41, 5.74) is 8.06. The number of nitrogens with zero attached hydrogens (tertiary/aromatic N) is 1. The molecule has 0 unspecified atom stereocenters. The van der Waals surface area contributed by atoms with E-state index < -0.39 is 11.9 Å². The predicted octanol–water partition coefficient (Wildman–Crippen LogP) is 2.71. The summed E-state index contributed by atoms with van der Waals surface area (Å²) in [7, 11) is 1.46. The van der Waals surface area contributed by atoms with Gasteiger partial charge in [-0.05, 0) is 42.0 Å². The van der Waals surface area contributed by atoms with E-state index in [1.54, 1.807) is 36.5 Å². The second-order valence-corrected chi connectivity index (χ2v) is 5.22. The summed E-state index contributed by atoms with van der Waals surface area (Å²) >= 11 is 0. The van der Waals surface area contributed by atoms with Crippen molar-refractivity contribution < 1.29 is 19.4 Å². The van der Waals surface area contributed by atoms with Crippen LogP contribution in [0, 0.1) is 0 Å². The lowest BCUT2D eigenvalue weighted by atomic mass is 10.0. The van der Waals surface area contributed by atoms with E-state index in [0.717, 1.165) is 11.1 Å². The zero-order valence-corrected chi connectivity index (χ0v) is 12.8. The monoisotopic (exact) mass is 322 g/mol. The van der Waals surface area contributed by atoms with Crippen LogP contribution in [0.3, 0.4) is 0 Å². The molecule has 1 heterocycles. The van der Waals surface area contributed by atoms with Gasteiger partial charge in [0.2, 0.25) is 0 Å². The van der Waals surface area contributed by atoms with Gasteiger partial charge in [0.25, 0.3) is 5.91 Å². The SMILES string of the molecule is COc1cc(-c2cnc3ccc(C(=O)O)cc3c2)ccc1C(N)=O. The molecular formula is C18H14N2O4. The predicted molar refractivity (Wildman–Crippen MR) is 89.2 cm³/mol. The quantitative estimate of drug-likeness (QED) is 0.769. The topological polar surface area (TPSA) is 103 Å². The molecule has 0 aliphatic carbocycles. The number of carbonyl (C=O) groups is 2. The normalized spacial score (nSPS) is 10.5. The van der Waals surface area contributed by atoms with E-state index >= 15 is 0 Å². The van der Waals surface area contributed by atoms with Crippen LogP contribution >= 0.6 is 0 Å². The number of aromatic nitrogens is 1. The molecule has 3 N–H and O–H groups in total. The van der Waals surface area contributed by atoms with E-state index in [1.165, 1.54) is 13.2 Å². The first-order chi connectivity index (χ1) is 11.5. The molecule has 6 nitrogen and oxygen atoms in total. The molecule has 3 rings (SSSR count). The van der Waals surface area contributed by atoms with Crippen molar-refractivity contribution in [1.29, 1.82) is 0 Å². The van der Waals surface area contributed by atoms with Crippen molar-refractivity contribution in [2.75, 3.05) is 7.11 Å². The van der Waals surface area contributed by atoms with E-state index in [2.05, 4.69) is 4.98 Å². The molecule has 120 valence electrons. The molecule has 0 aliphatic heterocycles. The zero-order chi connectivity index (χ0) is 17.3. The number of nitrogens with two attached hydrogens (primary N) is 1. The van der Waals surface area contributed by atoms with Crippen molar-refractivity contribution in [3.63, 3.8) is 0 Å². The third kappa shape index (κ3) is 2.77. The maximum absolute atomic E-state index is 11.4. The summed E-state index contributed by atoms with van der Waals surface area (Å²) in [4.78, 5) is 26.8. The number of amides is 1. The van der Waals surface area contributed by atoms with E-state index in [1.807, 2.05) is 6.07 Å². The van der Waals surface area contributed by atoms with Crippen molar-refractivity contribution in [2.45, 2.75) is 0 Å². The van der Waals surface area contributed by atoms with Crippen molar-refractivity contribution in [1.82, 2.24) is 4.98 Å². The van der Waals surface area contributed by atoms with Crippen LogP contribution in [-0.2, 0) is 0 Å². The van der Waals surface area contributed by atoms with Gasteiger partial charge in [0.15, 0.2) is 0 Å². The molecule has 3 aromatic rings. The van der Waals surface area contributed by atoms with Crippen LogP contribution in [0.1, 0.15) is 20.7 Å². The second kappa shape index (κ2) is 6.00. The number of carboxylic acids is 1. The van der Waals surface area contributed by atoms with Gasteiger partial charge in [-0.25, -0.2) is 4.79 Å². The second-order valence-electron chi connectivity index (χ2n) is 5.22. The molecule has 6 heteroatoms. The number of primary amides is 1. The first-order valence-electron chi connectivity index (χ1n) is 7.11. The van der Waals surface area contributed by atoms with Crippen LogP contribution < -0.4 is 10.5 Å².